The lowest BCUT2D eigenvalue weighted by Gasteiger charge is -2.08. The highest BCUT2D eigenvalue weighted by Gasteiger charge is 2.08. The number of carbonyl (C=O) groups excluding carboxylic acids is 1. The molecule has 0 saturated heterocycles. The summed E-state index contributed by atoms with van der Waals surface area (Å²) in [7, 11) is 0. The summed E-state index contributed by atoms with van der Waals surface area (Å²) in [6.07, 6.45) is 6.21. The van der Waals surface area contributed by atoms with Crippen LogP contribution >= 0.6 is 0 Å². The number of hydrogen-bond acceptors (Lipinski definition) is 4. The Morgan fingerprint density at radius 2 is 2.05 bits per heavy atom. The zero-order chi connectivity index (χ0) is 15.4. The molecule has 0 bridgehead atoms. The molecule has 0 saturated carbocycles. The third-order valence-electron chi connectivity index (χ3n) is 2.79. The molecule has 7 nitrogen and oxygen atoms in total. The van der Waals surface area contributed by atoms with E-state index in [0.717, 1.165) is 0 Å². The molecule has 0 unspecified atom stereocenters. The van der Waals surface area contributed by atoms with Crippen LogP contribution in [-0.2, 0) is 0 Å². The lowest BCUT2D eigenvalue weighted by molar-refractivity contribution is 0.262. The van der Waals surface area contributed by atoms with E-state index in [-0.39, 0.29) is 11.5 Å². The van der Waals surface area contributed by atoms with Gasteiger partial charge in [0.15, 0.2) is 0 Å². The Bertz CT molecular complexity index is 790. The number of para-hydroxylation sites is 1. The minimum Gasteiger partial charge on any atom is -0.305 e. The SMILES string of the molecule is O=C(Nc1cc(-n2ccnc2)ncn1)Nc1ccccc1F. The molecule has 2 heterocycles. The zero-order valence-corrected chi connectivity index (χ0v) is 11.3. The maximum Gasteiger partial charge on any atom is 0.324 e. The first-order chi connectivity index (χ1) is 10.7. The van der Waals surface area contributed by atoms with Gasteiger partial charge in [0, 0.05) is 18.5 Å². The number of amides is 2. The van der Waals surface area contributed by atoms with Gasteiger partial charge in [-0.25, -0.2) is 24.1 Å². The number of halogens is 1. The van der Waals surface area contributed by atoms with E-state index in [0.29, 0.717) is 5.82 Å². The van der Waals surface area contributed by atoms with E-state index >= 15 is 0 Å². The number of rotatable bonds is 3. The first-order valence-corrected chi connectivity index (χ1v) is 6.35. The van der Waals surface area contributed by atoms with Gasteiger partial charge in [-0.3, -0.25) is 9.88 Å². The summed E-state index contributed by atoms with van der Waals surface area (Å²) >= 11 is 0. The average molecular weight is 298 g/mol. The number of imidazole rings is 1. The fourth-order valence-corrected chi connectivity index (χ4v) is 1.78. The number of hydrogen-bond donors (Lipinski definition) is 2. The molecule has 0 aliphatic heterocycles. The second-order valence-electron chi connectivity index (χ2n) is 4.29. The zero-order valence-electron chi connectivity index (χ0n) is 11.3. The van der Waals surface area contributed by atoms with Crippen LogP contribution in [0.25, 0.3) is 5.82 Å². The summed E-state index contributed by atoms with van der Waals surface area (Å²) in [4.78, 5) is 23.8. The lowest BCUT2D eigenvalue weighted by Crippen LogP contribution is -2.21. The number of nitrogens with zero attached hydrogens (tertiary/aromatic N) is 4. The maximum absolute atomic E-state index is 13.5. The van der Waals surface area contributed by atoms with E-state index in [2.05, 4.69) is 25.6 Å². The number of urea groups is 1. The molecule has 110 valence electrons. The second kappa shape index (κ2) is 6.00. The number of benzene rings is 1. The van der Waals surface area contributed by atoms with Crippen molar-refractivity contribution in [2.75, 3.05) is 10.6 Å². The van der Waals surface area contributed by atoms with E-state index in [1.807, 2.05) is 0 Å². The third kappa shape index (κ3) is 3.06. The van der Waals surface area contributed by atoms with Crippen molar-refractivity contribution in [1.82, 2.24) is 19.5 Å². The van der Waals surface area contributed by atoms with Crippen LogP contribution in [0.4, 0.5) is 20.7 Å². The number of anilines is 2. The van der Waals surface area contributed by atoms with Crippen LogP contribution in [-0.4, -0.2) is 25.6 Å². The molecule has 1 aromatic carbocycles. The van der Waals surface area contributed by atoms with Gasteiger partial charge in [-0.1, -0.05) is 12.1 Å². The molecule has 2 N–H and O–H groups in total. The molecule has 0 atom stereocenters. The summed E-state index contributed by atoms with van der Waals surface area (Å²) < 4.78 is 15.1. The molecular weight excluding hydrogens is 287 g/mol. The van der Waals surface area contributed by atoms with Gasteiger partial charge in [-0.2, -0.15) is 0 Å². The largest absolute Gasteiger partial charge is 0.324 e. The van der Waals surface area contributed by atoms with Crippen molar-refractivity contribution in [3.05, 3.63) is 61.2 Å². The molecule has 3 rings (SSSR count). The average Bonchev–Trinajstić information content (AvgIpc) is 3.04. The van der Waals surface area contributed by atoms with Gasteiger partial charge in [0.05, 0.1) is 5.69 Å². The minimum absolute atomic E-state index is 0.0869. The Morgan fingerprint density at radius 3 is 2.82 bits per heavy atom. The standard InChI is InChI=1S/C14H11FN6O/c15-10-3-1-2-4-11(10)19-14(22)20-12-7-13(18-8-17-12)21-6-5-16-9-21/h1-9H,(H2,17,18,19,20,22). The van der Waals surface area contributed by atoms with Crippen molar-refractivity contribution in [3.63, 3.8) is 0 Å². The van der Waals surface area contributed by atoms with Gasteiger partial charge < -0.3 is 5.32 Å². The van der Waals surface area contributed by atoms with E-state index < -0.39 is 11.8 Å². The number of nitrogens with one attached hydrogen (secondary N) is 2. The Labute approximate surface area is 124 Å². The van der Waals surface area contributed by atoms with Crippen LogP contribution in [0.2, 0.25) is 0 Å². The van der Waals surface area contributed by atoms with E-state index in [1.165, 1.54) is 18.5 Å². The van der Waals surface area contributed by atoms with Crippen molar-refractivity contribution >= 4 is 17.5 Å². The summed E-state index contributed by atoms with van der Waals surface area (Å²) in [6, 6.07) is 6.87. The molecule has 8 heteroatoms. The fraction of sp³-hybridized carbons (Fsp3) is 0. The van der Waals surface area contributed by atoms with Crippen molar-refractivity contribution in [2.24, 2.45) is 0 Å². The van der Waals surface area contributed by atoms with Gasteiger partial charge in [-0.05, 0) is 12.1 Å². The molecule has 2 aromatic heterocycles. The van der Waals surface area contributed by atoms with Gasteiger partial charge in [0.2, 0.25) is 0 Å². The summed E-state index contributed by atoms with van der Waals surface area (Å²) in [5.41, 5.74) is 0.0869. The fourth-order valence-electron chi connectivity index (χ4n) is 1.78. The molecule has 2 amide bonds. The van der Waals surface area contributed by atoms with Gasteiger partial charge in [-0.15, -0.1) is 0 Å². The van der Waals surface area contributed by atoms with E-state index in [9.17, 15) is 9.18 Å². The highest BCUT2D eigenvalue weighted by Crippen LogP contribution is 2.13. The Morgan fingerprint density at radius 1 is 1.18 bits per heavy atom. The van der Waals surface area contributed by atoms with Crippen LogP contribution in [0, 0.1) is 5.82 Å². The molecule has 22 heavy (non-hydrogen) atoms. The lowest BCUT2D eigenvalue weighted by atomic mass is 10.3. The predicted molar refractivity (Wildman–Crippen MR) is 78.2 cm³/mol. The maximum atomic E-state index is 13.5. The smallest absolute Gasteiger partial charge is 0.305 e. The molecule has 0 radical (unpaired) electrons. The van der Waals surface area contributed by atoms with Crippen LogP contribution < -0.4 is 10.6 Å². The minimum atomic E-state index is -0.597. The Balaban J connectivity index is 1.72. The first-order valence-electron chi connectivity index (χ1n) is 6.35. The van der Waals surface area contributed by atoms with Crippen LogP contribution in [0.1, 0.15) is 0 Å². The number of aromatic nitrogens is 4. The monoisotopic (exact) mass is 298 g/mol. The van der Waals surface area contributed by atoms with Crippen molar-refractivity contribution in [2.45, 2.75) is 0 Å². The van der Waals surface area contributed by atoms with E-state index in [1.54, 1.807) is 41.5 Å². The molecule has 3 aromatic rings. The molecular formula is C14H11FN6O. The molecule has 0 fully saturated rings. The highest BCUT2D eigenvalue weighted by atomic mass is 19.1. The first kappa shape index (κ1) is 13.7. The van der Waals surface area contributed by atoms with Gasteiger partial charge in [0.1, 0.15) is 30.1 Å². The van der Waals surface area contributed by atoms with Crippen LogP contribution in [0.15, 0.2) is 55.4 Å². The normalized spacial score (nSPS) is 10.2. The van der Waals surface area contributed by atoms with Crippen molar-refractivity contribution in [1.29, 1.82) is 0 Å². The predicted octanol–water partition coefficient (Wildman–Crippen LogP) is 2.45. The summed E-state index contributed by atoms with van der Waals surface area (Å²) in [5.74, 6) is 0.320. The van der Waals surface area contributed by atoms with Crippen molar-refractivity contribution < 1.29 is 9.18 Å². The van der Waals surface area contributed by atoms with Crippen molar-refractivity contribution in [3.8, 4) is 5.82 Å². The highest BCUT2D eigenvalue weighted by molar-refractivity contribution is 5.99. The topological polar surface area (TPSA) is 84.7 Å². The summed E-state index contributed by atoms with van der Waals surface area (Å²) in [6.45, 7) is 0. The van der Waals surface area contributed by atoms with Crippen LogP contribution in [0.5, 0.6) is 0 Å². The van der Waals surface area contributed by atoms with Gasteiger partial charge in [0.25, 0.3) is 0 Å². The Kier molecular flexibility index (Phi) is 3.73. The van der Waals surface area contributed by atoms with E-state index in [4.69, 9.17) is 0 Å². The number of carbonyl (C=O) groups is 1. The molecule has 0 aliphatic carbocycles. The third-order valence-corrected chi connectivity index (χ3v) is 2.79. The quantitative estimate of drug-likeness (QED) is 0.777. The molecule has 0 aliphatic rings. The van der Waals surface area contributed by atoms with Gasteiger partial charge >= 0.3 is 6.03 Å². The van der Waals surface area contributed by atoms with Crippen LogP contribution in [0.3, 0.4) is 0 Å². The summed E-state index contributed by atoms with van der Waals surface area (Å²) in [5, 5.41) is 4.93. The second-order valence-corrected chi connectivity index (χ2v) is 4.29. The molecule has 0 spiro atoms. The Hall–Kier alpha value is -3.29.